The van der Waals surface area contributed by atoms with Crippen LogP contribution < -0.4 is 15.0 Å². The van der Waals surface area contributed by atoms with Crippen molar-refractivity contribution in [3.05, 3.63) is 24.3 Å². The van der Waals surface area contributed by atoms with E-state index in [0.717, 1.165) is 4.90 Å². The van der Waals surface area contributed by atoms with E-state index in [1.807, 2.05) is 0 Å². The second-order valence-corrected chi connectivity index (χ2v) is 8.96. The highest BCUT2D eigenvalue weighted by Gasteiger charge is 2.31. The third-order valence-corrected chi connectivity index (χ3v) is 6.30. The average Bonchev–Trinajstić information content (AvgIpc) is 2.61. The van der Waals surface area contributed by atoms with Crippen LogP contribution in [-0.4, -0.2) is 87.6 Å². The molecule has 1 atom stereocenters. The van der Waals surface area contributed by atoms with Crippen molar-refractivity contribution in [1.29, 1.82) is 0 Å². The Kier molecular flexibility index (Phi) is 7.57. The molecule has 3 N–H and O–H groups in total. The Labute approximate surface area is 160 Å². The highest BCUT2D eigenvalue weighted by molar-refractivity contribution is 7.86. The van der Waals surface area contributed by atoms with Crippen LogP contribution in [0.1, 0.15) is 6.92 Å². The molecule has 0 unspecified atom stereocenters. The molecule has 1 aliphatic heterocycles. The van der Waals surface area contributed by atoms with Crippen molar-refractivity contribution in [2.75, 3.05) is 58.7 Å². The summed E-state index contributed by atoms with van der Waals surface area (Å²) in [6.45, 7) is 4.27. The van der Waals surface area contributed by atoms with Crippen molar-refractivity contribution in [3.8, 4) is 5.75 Å². The van der Waals surface area contributed by atoms with Gasteiger partial charge < -0.3 is 20.1 Å². The average molecular weight is 402 g/mol. The van der Waals surface area contributed by atoms with Gasteiger partial charge in [-0.15, -0.1) is 0 Å². The lowest BCUT2D eigenvalue weighted by Crippen LogP contribution is -3.16. The van der Waals surface area contributed by atoms with Crippen LogP contribution in [0, 0.1) is 0 Å². The zero-order valence-corrected chi connectivity index (χ0v) is 16.8. The monoisotopic (exact) mass is 401 g/mol. The minimum absolute atomic E-state index is 0.138. The fourth-order valence-electron chi connectivity index (χ4n) is 2.89. The Bertz CT molecular complexity index is 715. The van der Waals surface area contributed by atoms with E-state index in [-0.39, 0.29) is 12.5 Å². The van der Waals surface area contributed by atoms with Gasteiger partial charge in [0.15, 0.2) is 0 Å². The highest BCUT2D eigenvalue weighted by Crippen LogP contribution is 2.15. The molecule has 152 valence electrons. The van der Waals surface area contributed by atoms with Gasteiger partial charge in [0.2, 0.25) is 5.91 Å². The van der Waals surface area contributed by atoms with Gasteiger partial charge in [-0.1, -0.05) is 0 Å². The molecule has 27 heavy (non-hydrogen) atoms. The molecule has 1 heterocycles. The molecule has 1 aromatic rings. The van der Waals surface area contributed by atoms with Crippen molar-refractivity contribution in [1.82, 2.24) is 8.61 Å². The second kappa shape index (κ2) is 9.47. The number of carbonyl (C=O) groups excluding carboxylic acids is 1. The normalized spacial score (nSPS) is 17.7. The van der Waals surface area contributed by atoms with Crippen LogP contribution in [0.15, 0.2) is 24.3 Å². The molecular weight excluding hydrogens is 372 g/mol. The van der Waals surface area contributed by atoms with Gasteiger partial charge in [0.05, 0.1) is 26.2 Å². The number of carbonyl (C=O) groups is 1. The van der Waals surface area contributed by atoms with Crippen molar-refractivity contribution >= 4 is 21.8 Å². The van der Waals surface area contributed by atoms with Gasteiger partial charge in [0.25, 0.3) is 10.2 Å². The number of nitrogens with one attached hydrogen (secondary N) is 2. The summed E-state index contributed by atoms with van der Waals surface area (Å²) >= 11 is 0. The predicted octanol–water partition coefficient (Wildman–Crippen LogP) is -1.61. The van der Waals surface area contributed by atoms with Crippen LogP contribution in [0.3, 0.4) is 0 Å². The molecule has 1 aromatic carbocycles. The van der Waals surface area contributed by atoms with Crippen molar-refractivity contribution in [2.24, 2.45) is 0 Å². The highest BCUT2D eigenvalue weighted by atomic mass is 32.2. The van der Waals surface area contributed by atoms with Gasteiger partial charge in [0.1, 0.15) is 25.0 Å². The van der Waals surface area contributed by atoms with Gasteiger partial charge in [-0.25, -0.2) is 0 Å². The maximum atomic E-state index is 12.1. The smallest absolute Gasteiger partial charge is 0.281 e. The molecule has 0 aliphatic carbocycles. The molecule has 9 nitrogen and oxygen atoms in total. The number of amides is 1. The molecule has 10 heteroatoms. The van der Waals surface area contributed by atoms with Crippen LogP contribution in [0.2, 0.25) is 0 Å². The van der Waals surface area contributed by atoms with E-state index in [2.05, 4.69) is 5.32 Å². The van der Waals surface area contributed by atoms with Crippen molar-refractivity contribution < 1.29 is 28.0 Å². The van der Waals surface area contributed by atoms with Gasteiger partial charge in [-0.2, -0.15) is 17.0 Å². The van der Waals surface area contributed by atoms with E-state index < -0.39 is 16.3 Å². The lowest BCUT2D eigenvalue weighted by atomic mass is 10.3. The number of piperazine rings is 1. The first kappa shape index (κ1) is 21.6. The fourth-order valence-corrected chi connectivity index (χ4v) is 4.00. The number of benzene rings is 1. The number of aliphatic hydroxyl groups excluding tert-OH is 1. The molecule has 1 saturated heterocycles. The van der Waals surface area contributed by atoms with Gasteiger partial charge >= 0.3 is 0 Å². The molecule has 0 aromatic heterocycles. The summed E-state index contributed by atoms with van der Waals surface area (Å²) in [6, 6.07) is 6.93. The van der Waals surface area contributed by atoms with Gasteiger partial charge in [0, 0.05) is 26.7 Å². The third-order valence-electron chi connectivity index (χ3n) is 4.36. The molecule has 1 aliphatic rings. The van der Waals surface area contributed by atoms with Crippen LogP contribution in [0.4, 0.5) is 5.69 Å². The summed E-state index contributed by atoms with van der Waals surface area (Å²) in [4.78, 5) is 12.1. The van der Waals surface area contributed by atoms with E-state index in [1.165, 1.54) is 29.6 Å². The van der Waals surface area contributed by atoms with Crippen LogP contribution in [0.25, 0.3) is 0 Å². The molecule has 1 amide bonds. The number of nitrogens with zero attached hydrogens (tertiary/aromatic N) is 2. The summed E-state index contributed by atoms with van der Waals surface area (Å²) in [7, 11) is -0.317. The maximum absolute atomic E-state index is 12.1. The first-order valence-corrected chi connectivity index (χ1v) is 10.3. The van der Waals surface area contributed by atoms with Crippen LogP contribution in [0.5, 0.6) is 5.75 Å². The molecule has 0 spiro atoms. The van der Waals surface area contributed by atoms with Gasteiger partial charge in [-0.05, 0) is 24.3 Å². The Hall–Kier alpha value is -1.72. The zero-order chi connectivity index (χ0) is 20.0. The van der Waals surface area contributed by atoms with Gasteiger partial charge in [-0.3, -0.25) is 4.79 Å². The summed E-state index contributed by atoms with van der Waals surface area (Å²) < 4.78 is 32.5. The molecule has 0 saturated carbocycles. The molecule has 1 fully saturated rings. The lowest BCUT2D eigenvalue weighted by Gasteiger charge is -2.33. The molecule has 0 radical (unpaired) electrons. The number of hydrogen-bond acceptors (Lipinski definition) is 5. The summed E-state index contributed by atoms with van der Waals surface area (Å²) in [5.74, 6) is 0.473. The van der Waals surface area contributed by atoms with E-state index in [1.54, 1.807) is 24.3 Å². The SMILES string of the molecule is CC(=O)Nc1ccc(OC[C@H](O)C[NH+]2CCN(S(=O)(=O)N(C)C)CC2)cc1. The van der Waals surface area contributed by atoms with Crippen LogP contribution >= 0.6 is 0 Å². The van der Waals surface area contributed by atoms with Crippen molar-refractivity contribution in [2.45, 2.75) is 13.0 Å². The number of hydrogen-bond donors (Lipinski definition) is 3. The van der Waals surface area contributed by atoms with E-state index in [0.29, 0.717) is 44.2 Å². The Morgan fingerprint density at radius 1 is 1.30 bits per heavy atom. The first-order chi connectivity index (χ1) is 12.7. The van der Waals surface area contributed by atoms with E-state index in [4.69, 9.17) is 4.74 Å². The summed E-state index contributed by atoms with van der Waals surface area (Å²) in [5.41, 5.74) is 0.686. The standard InChI is InChI=1S/C17H28N4O5S/c1-14(22)18-15-4-6-17(7-5-15)26-13-16(23)12-20-8-10-21(11-9-20)27(24,25)19(2)3/h4-7,16,23H,8-13H2,1-3H3,(H,18,22)/p+1/t16-/m1/s1. The second-order valence-electron chi connectivity index (χ2n) is 6.81. The molecule has 0 bridgehead atoms. The Morgan fingerprint density at radius 2 is 1.89 bits per heavy atom. The predicted molar refractivity (Wildman–Crippen MR) is 102 cm³/mol. The quantitative estimate of drug-likeness (QED) is 0.486. The number of aliphatic hydroxyl groups is 1. The first-order valence-electron chi connectivity index (χ1n) is 8.88. The summed E-state index contributed by atoms with van der Waals surface area (Å²) in [5, 5.41) is 12.9. The summed E-state index contributed by atoms with van der Waals surface area (Å²) in [6.07, 6.45) is -0.646. The third kappa shape index (κ3) is 6.43. The maximum Gasteiger partial charge on any atom is 0.281 e. The lowest BCUT2D eigenvalue weighted by molar-refractivity contribution is -0.906. The van der Waals surface area contributed by atoms with E-state index >= 15 is 0 Å². The molecular formula is C17H29N4O5S+. The molecule has 2 rings (SSSR count). The number of quaternary nitrogens is 1. The fraction of sp³-hybridized carbons (Fsp3) is 0.588. The van der Waals surface area contributed by atoms with Crippen molar-refractivity contribution in [3.63, 3.8) is 0 Å². The topological polar surface area (TPSA) is 104 Å². The number of ether oxygens (including phenoxy) is 1. The van der Waals surface area contributed by atoms with E-state index in [9.17, 15) is 18.3 Å². The number of anilines is 1. The Balaban J connectivity index is 1.74. The van der Waals surface area contributed by atoms with Crippen LogP contribution in [-0.2, 0) is 15.0 Å². The minimum Gasteiger partial charge on any atom is -0.491 e. The minimum atomic E-state index is -3.37. The zero-order valence-electron chi connectivity index (χ0n) is 16.0. The number of rotatable bonds is 8. The largest absolute Gasteiger partial charge is 0.491 e. The Morgan fingerprint density at radius 3 is 2.41 bits per heavy atom.